The number of nitrogens with zero attached hydrogens (tertiary/aromatic N) is 8. The number of morpholine rings is 1. The minimum atomic E-state index is -0.0170. The van der Waals surface area contributed by atoms with E-state index in [0.29, 0.717) is 31.9 Å². The molecule has 164 valence electrons. The summed E-state index contributed by atoms with van der Waals surface area (Å²) in [6, 6.07) is 6.13. The molecule has 5 heterocycles. The topological polar surface area (TPSA) is 113 Å². The van der Waals surface area contributed by atoms with Crippen LogP contribution in [-0.2, 0) is 16.0 Å². The molecule has 1 amide bonds. The van der Waals surface area contributed by atoms with Crippen molar-refractivity contribution in [3.05, 3.63) is 51.6 Å². The van der Waals surface area contributed by atoms with Crippen LogP contribution in [0.1, 0.15) is 27.7 Å². The number of carbonyl (C=O) groups is 1. The van der Waals surface area contributed by atoms with Crippen molar-refractivity contribution >= 4 is 17.2 Å². The first kappa shape index (κ1) is 20.7. The van der Waals surface area contributed by atoms with Crippen molar-refractivity contribution in [1.82, 2.24) is 35.0 Å². The standard InChI is InChI=1S/C21H22N8O2S/c1-14-17(12-32-19(14)7-22)18-10-27-4-5-28(9-16(27)11-31-18)21(30)6-15-2-3-20(23-8-15)29-13-24-25-26-29/h2-3,8,12-13,16,18H,4-6,9-11H2,1H3/t16-,18-/m0/s1. The Balaban J connectivity index is 1.17. The molecule has 3 aromatic heterocycles. The fourth-order valence-electron chi connectivity index (χ4n) is 4.27. The number of carbonyl (C=O) groups excluding carboxylic acids is 1. The Hall–Kier alpha value is -3.20. The highest BCUT2D eigenvalue weighted by molar-refractivity contribution is 7.10. The van der Waals surface area contributed by atoms with Crippen LogP contribution in [0.4, 0.5) is 0 Å². The monoisotopic (exact) mass is 450 g/mol. The average molecular weight is 451 g/mol. The molecule has 0 aliphatic carbocycles. The molecule has 0 radical (unpaired) electrons. The van der Waals surface area contributed by atoms with Gasteiger partial charge in [-0.1, -0.05) is 6.07 Å². The molecule has 2 fully saturated rings. The lowest BCUT2D eigenvalue weighted by molar-refractivity contribution is -0.139. The summed E-state index contributed by atoms with van der Waals surface area (Å²) in [6.45, 7) is 5.53. The van der Waals surface area contributed by atoms with E-state index < -0.39 is 0 Å². The van der Waals surface area contributed by atoms with Crippen LogP contribution in [-0.4, -0.2) is 79.7 Å². The maximum absolute atomic E-state index is 12.9. The molecule has 2 atom stereocenters. The first-order chi connectivity index (χ1) is 15.6. The number of tetrazole rings is 1. The molecule has 2 aliphatic rings. The number of thiophene rings is 1. The van der Waals surface area contributed by atoms with Crippen molar-refractivity contribution in [2.24, 2.45) is 0 Å². The zero-order valence-electron chi connectivity index (χ0n) is 17.6. The largest absolute Gasteiger partial charge is 0.370 e. The third-order valence-electron chi connectivity index (χ3n) is 6.12. The molecule has 0 bridgehead atoms. The van der Waals surface area contributed by atoms with Crippen LogP contribution in [0.5, 0.6) is 0 Å². The van der Waals surface area contributed by atoms with Crippen molar-refractivity contribution in [2.75, 3.05) is 32.8 Å². The maximum atomic E-state index is 12.9. The smallest absolute Gasteiger partial charge is 0.227 e. The molecular weight excluding hydrogens is 428 g/mol. The molecule has 10 nitrogen and oxygen atoms in total. The van der Waals surface area contributed by atoms with Crippen LogP contribution >= 0.6 is 11.3 Å². The van der Waals surface area contributed by atoms with E-state index in [-0.39, 0.29) is 18.1 Å². The normalized spacial score (nSPS) is 21.2. The Morgan fingerprint density at radius 2 is 2.25 bits per heavy atom. The molecule has 0 saturated carbocycles. The maximum Gasteiger partial charge on any atom is 0.227 e. The molecule has 2 saturated heterocycles. The summed E-state index contributed by atoms with van der Waals surface area (Å²) in [5, 5.41) is 22.3. The summed E-state index contributed by atoms with van der Waals surface area (Å²) in [5.41, 5.74) is 2.99. The Bertz CT molecular complexity index is 1140. The van der Waals surface area contributed by atoms with E-state index in [1.165, 1.54) is 22.3 Å². The predicted octanol–water partition coefficient (Wildman–Crippen LogP) is 1.13. The van der Waals surface area contributed by atoms with Crippen LogP contribution in [0.2, 0.25) is 0 Å². The highest BCUT2D eigenvalue weighted by Gasteiger charge is 2.36. The summed E-state index contributed by atoms with van der Waals surface area (Å²) in [7, 11) is 0. The number of ether oxygens (including phenoxy) is 1. The SMILES string of the molecule is Cc1c([C@@H]2CN3CCN(C(=O)Cc4ccc(-n5cnnn5)nc4)C[C@H]3CO2)csc1C#N. The highest BCUT2D eigenvalue weighted by atomic mass is 32.1. The van der Waals surface area contributed by atoms with Gasteiger partial charge in [0, 0.05) is 32.4 Å². The van der Waals surface area contributed by atoms with Gasteiger partial charge in [-0.15, -0.1) is 16.4 Å². The number of hydrogen-bond donors (Lipinski definition) is 0. The van der Waals surface area contributed by atoms with Crippen LogP contribution in [0.3, 0.4) is 0 Å². The minimum Gasteiger partial charge on any atom is -0.370 e. The molecule has 5 rings (SSSR count). The molecule has 11 heteroatoms. The predicted molar refractivity (Wildman–Crippen MR) is 115 cm³/mol. The van der Waals surface area contributed by atoms with Crippen LogP contribution in [0.25, 0.3) is 5.82 Å². The van der Waals surface area contributed by atoms with E-state index in [4.69, 9.17) is 4.74 Å². The van der Waals surface area contributed by atoms with Crippen LogP contribution < -0.4 is 0 Å². The van der Waals surface area contributed by atoms with Gasteiger partial charge in [0.15, 0.2) is 5.82 Å². The van der Waals surface area contributed by atoms with Crippen molar-refractivity contribution in [1.29, 1.82) is 5.26 Å². The summed E-state index contributed by atoms with van der Waals surface area (Å²) >= 11 is 1.48. The molecule has 32 heavy (non-hydrogen) atoms. The summed E-state index contributed by atoms with van der Waals surface area (Å²) in [4.78, 5) is 22.3. The zero-order chi connectivity index (χ0) is 22.1. The number of rotatable bonds is 4. The molecule has 0 N–H and O–H groups in total. The lowest BCUT2D eigenvalue weighted by atomic mass is 10.0. The average Bonchev–Trinajstić information content (AvgIpc) is 3.49. The number of nitriles is 1. The lowest BCUT2D eigenvalue weighted by Crippen LogP contribution is -2.59. The number of fused-ring (bicyclic) bond motifs is 1. The van der Waals surface area contributed by atoms with Gasteiger partial charge in [-0.25, -0.2) is 4.98 Å². The van der Waals surface area contributed by atoms with Crippen molar-refractivity contribution < 1.29 is 9.53 Å². The molecule has 3 aromatic rings. The van der Waals surface area contributed by atoms with Gasteiger partial charge in [-0.3, -0.25) is 9.69 Å². The van der Waals surface area contributed by atoms with Gasteiger partial charge in [0.25, 0.3) is 0 Å². The number of aromatic nitrogens is 5. The quantitative estimate of drug-likeness (QED) is 0.581. The van der Waals surface area contributed by atoms with Gasteiger partial charge in [0.2, 0.25) is 5.91 Å². The van der Waals surface area contributed by atoms with Crippen molar-refractivity contribution in [3.8, 4) is 11.9 Å². The van der Waals surface area contributed by atoms with E-state index in [1.807, 2.05) is 23.3 Å². The number of piperazine rings is 1. The van der Waals surface area contributed by atoms with E-state index in [9.17, 15) is 10.1 Å². The van der Waals surface area contributed by atoms with E-state index in [2.05, 4.69) is 31.5 Å². The third kappa shape index (κ3) is 4.00. The third-order valence-corrected chi connectivity index (χ3v) is 7.13. The van der Waals surface area contributed by atoms with Gasteiger partial charge < -0.3 is 9.64 Å². The fraction of sp³-hybridized carbons (Fsp3) is 0.429. The van der Waals surface area contributed by atoms with Crippen molar-refractivity contribution in [2.45, 2.75) is 25.5 Å². The van der Waals surface area contributed by atoms with E-state index >= 15 is 0 Å². The van der Waals surface area contributed by atoms with Gasteiger partial charge in [0.1, 0.15) is 17.3 Å². The van der Waals surface area contributed by atoms with Crippen molar-refractivity contribution in [3.63, 3.8) is 0 Å². The first-order valence-electron chi connectivity index (χ1n) is 10.4. The second kappa shape index (κ2) is 8.74. The Morgan fingerprint density at radius 3 is 2.97 bits per heavy atom. The molecule has 0 spiro atoms. The molecule has 2 aliphatic heterocycles. The van der Waals surface area contributed by atoms with Gasteiger partial charge in [-0.05, 0) is 45.5 Å². The Morgan fingerprint density at radius 1 is 1.34 bits per heavy atom. The van der Waals surface area contributed by atoms with Gasteiger partial charge in [-0.2, -0.15) is 9.94 Å². The summed E-state index contributed by atoms with van der Waals surface area (Å²) < 4.78 is 7.63. The summed E-state index contributed by atoms with van der Waals surface area (Å²) in [5.74, 6) is 0.701. The lowest BCUT2D eigenvalue weighted by Gasteiger charge is -2.46. The number of pyridine rings is 1. The number of hydrogen-bond acceptors (Lipinski definition) is 9. The molecular formula is C21H22N8O2S. The summed E-state index contributed by atoms with van der Waals surface area (Å²) in [6.07, 6.45) is 3.46. The van der Waals surface area contributed by atoms with E-state index in [1.54, 1.807) is 12.3 Å². The zero-order valence-corrected chi connectivity index (χ0v) is 18.4. The first-order valence-corrected chi connectivity index (χ1v) is 11.3. The van der Waals surface area contributed by atoms with Gasteiger partial charge in [0.05, 0.1) is 25.2 Å². The fourth-order valence-corrected chi connectivity index (χ4v) is 5.19. The van der Waals surface area contributed by atoms with Crippen LogP contribution in [0, 0.1) is 18.3 Å². The van der Waals surface area contributed by atoms with E-state index in [0.717, 1.165) is 34.7 Å². The Kier molecular flexibility index (Phi) is 5.65. The Labute approximate surface area is 189 Å². The second-order valence-corrected chi connectivity index (χ2v) is 8.90. The second-order valence-electron chi connectivity index (χ2n) is 8.02. The minimum absolute atomic E-state index is 0.0170. The molecule has 0 aromatic carbocycles. The van der Waals surface area contributed by atoms with Gasteiger partial charge >= 0.3 is 0 Å². The highest BCUT2D eigenvalue weighted by Crippen LogP contribution is 2.33. The number of amides is 1. The van der Waals surface area contributed by atoms with Crippen LogP contribution in [0.15, 0.2) is 30.0 Å². The molecule has 0 unspecified atom stereocenters.